The van der Waals surface area contributed by atoms with Crippen LogP contribution in [0.4, 0.5) is 0 Å². The van der Waals surface area contributed by atoms with E-state index in [1.807, 2.05) is 0 Å². The zero-order chi connectivity index (χ0) is 12.8. The molecule has 106 valence electrons. The first-order chi connectivity index (χ1) is 8.79. The average Bonchev–Trinajstić information content (AvgIpc) is 2.37. The molecular weight excluding hydrogens is 226 g/mol. The Kier molecular flexibility index (Phi) is 5.46. The molecule has 1 saturated heterocycles. The summed E-state index contributed by atoms with van der Waals surface area (Å²) in [5, 5.41) is 3.52. The van der Waals surface area contributed by atoms with Crippen LogP contribution < -0.4 is 5.32 Å². The monoisotopic (exact) mass is 255 g/mol. The number of hydrogen-bond acceptors (Lipinski definition) is 3. The summed E-state index contributed by atoms with van der Waals surface area (Å²) in [4.78, 5) is 0. The molecule has 1 N–H and O–H groups in total. The predicted octanol–water partition coefficient (Wildman–Crippen LogP) is 2.74. The van der Waals surface area contributed by atoms with E-state index >= 15 is 0 Å². The molecule has 18 heavy (non-hydrogen) atoms. The minimum absolute atomic E-state index is 0.276. The first kappa shape index (κ1) is 14.3. The van der Waals surface area contributed by atoms with Crippen LogP contribution >= 0.6 is 0 Å². The van der Waals surface area contributed by atoms with Crippen molar-refractivity contribution in [1.82, 2.24) is 5.32 Å². The molecule has 0 radical (unpaired) electrons. The molecule has 0 aromatic carbocycles. The fourth-order valence-electron chi connectivity index (χ4n) is 3.49. The van der Waals surface area contributed by atoms with Crippen LogP contribution in [0.2, 0.25) is 0 Å². The largest absolute Gasteiger partial charge is 0.382 e. The highest BCUT2D eigenvalue weighted by Gasteiger charge is 2.43. The lowest BCUT2D eigenvalue weighted by Crippen LogP contribution is -2.49. The van der Waals surface area contributed by atoms with Crippen molar-refractivity contribution in [3.63, 3.8) is 0 Å². The highest BCUT2D eigenvalue weighted by atomic mass is 16.5. The lowest BCUT2D eigenvalue weighted by Gasteiger charge is -2.48. The zero-order valence-electron chi connectivity index (χ0n) is 12.0. The molecule has 1 spiro atoms. The van der Waals surface area contributed by atoms with E-state index < -0.39 is 0 Å². The molecule has 0 bridgehead atoms. The highest BCUT2D eigenvalue weighted by molar-refractivity contribution is 4.96. The standard InChI is InChI=1S/C15H29NO2/c1-3-17-10-4-6-14(16-2)13-7-11-18-15(12-13)8-5-9-15/h13-14,16H,3-12H2,1-2H3. The van der Waals surface area contributed by atoms with Gasteiger partial charge in [0, 0.05) is 25.9 Å². The van der Waals surface area contributed by atoms with Crippen LogP contribution in [0.1, 0.15) is 51.9 Å². The summed E-state index contributed by atoms with van der Waals surface area (Å²) < 4.78 is 11.5. The third-order valence-corrected chi connectivity index (χ3v) is 4.74. The van der Waals surface area contributed by atoms with E-state index in [1.165, 1.54) is 44.9 Å². The Morgan fingerprint density at radius 1 is 1.44 bits per heavy atom. The zero-order valence-corrected chi connectivity index (χ0v) is 12.0. The summed E-state index contributed by atoms with van der Waals surface area (Å²) in [5.41, 5.74) is 0.276. The van der Waals surface area contributed by atoms with E-state index in [4.69, 9.17) is 9.47 Å². The Morgan fingerprint density at radius 2 is 2.28 bits per heavy atom. The summed E-state index contributed by atoms with van der Waals surface area (Å²) >= 11 is 0. The predicted molar refractivity (Wildman–Crippen MR) is 73.8 cm³/mol. The second-order valence-electron chi connectivity index (χ2n) is 5.87. The third kappa shape index (κ3) is 3.46. The molecule has 1 aliphatic carbocycles. The molecule has 1 saturated carbocycles. The first-order valence-corrected chi connectivity index (χ1v) is 7.68. The van der Waals surface area contributed by atoms with Crippen LogP contribution in [0, 0.1) is 5.92 Å². The quantitative estimate of drug-likeness (QED) is 0.710. The molecule has 2 atom stereocenters. The fraction of sp³-hybridized carbons (Fsp3) is 1.00. The van der Waals surface area contributed by atoms with Gasteiger partial charge in [-0.2, -0.15) is 0 Å². The van der Waals surface area contributed by atoms with Gasteiger partial charge in [-0.1, -0.05) is 0 Å². The van der Waals surface area contributed by atoms with Crippen molar-refractivity contribution in [2.75, 3.05) is 26.9 Å². The van der Waals surface area contributed by atoms with E-state index in [9.17, 15) is 0 Å². The third-order valence-electron chi connectivity index (χ3n) is 4.74. The van der Waals surface area contributed by atoms with E-state index in [2.05, 4.69) is 19.3 Å². The van der Waals surface area contributed by atoms with E-state index in [-0.39, 0.29) is 5.60 Å². The van der Waals surface area contributed by atoms with Crippen molar-refractivity contribution in [3.05, 3.63) is 0 Å². The number of nitrogens with one attached hydrogen (secondary N) is 1. The normalized spacial score (nSPS) is 28.0. The summed E-state index contributed by atoms with van der Waals surface area (Å²) in [7, 11) is 2.11. The number of hydrogen-bond donors (Lipinski definition) is 1. The molecule has 0 amide bonds. The summed E-state index contributed by atoms with van der Waals surface area (Å²) in [6.45, 7) is 4.77. The van der Waals surface area contributed by atoms with Gasteiger partial charge in [0.1, 0.15) is 0 Å². The second-order valence-corrected chi connectivity index (χ2v) is 5.87. The van der Waals surface area contributed by atoms with Gasteiger partial charge >= 0.3 is 0 Å². The van der Waals surface area contributed by atoms with Gasteiger partial charge in [0.15, 0.2) is 0 Å². The molecule has 1 heterocycles. The van der Waals surface area contributed by atoms with E-state index in [1.54, 1.807) is 0 Å². The minimum atomic E-state index is 0.276. The lowest BCUT2D eigenvalue weighted by molar-refractivity contribution is -0.147. The topological polar surface area (TPSA) is 30.5 Å². The van der Waals surface area contributed by atoms with Crippen molar-refractivity contribution in [2.24, 2.45) is 5.92 Å². The Balaban J connectivity index is 1.76. The van der Waals surface area contributed by atoms with Crippen LogP contribution in [0.3, 0.4) is 0 Å². The molecule has 0 aromatic heterocycles. The van der Waals surface area contributed by atoms with Crippen molar-refractivity contribution < 1.29 is 9.47 Å². The van der Waals surface area contributed by atoms with Crippen LogP contribution in [0.15, 0.2) is 0 Å². The maximum absolute atomic E-state index is 6.02. The summed E-state index contributed by atoms with van der Waals surface area (Å²) in [6.07, 6.45) is 8.84. The van der Waals surface area contributed by atoms with Gasteiger partial charge in [0.2, 0.25) is 0 Å². The molecule has 3 heteroatoms. The number of ether oxygens (including phenoxy) is 2. The number of rotatable bonds is 7. The molecule has 2 rings (SSSR count). The molecule has 1 aliphatic heterocycles. The minimum Gasteiger partial charge on any atom is -0.382 e. The van der Waals surface area contributed by atoms with Gasteiger partial charge in [0.05, 0.1) is 5.60 Å². The Labute approximate surface area is 112 Å². The molecule has 2 aliphatic rings. The van der Waals surface area contributed by atoms with Crippen molar-refractivity contribution in [2.45, 2.75) is 63.5 Å². The van der Waals surface area contributed by atoms with Crippen LogP contribution in [-0.4, -0.2) is 38.5 Å². The Morgan fingerprint density at radius 3 is 2.89 bits per heavy atom. The van der Waals surface area contributed by atoms with Crippen LogP contribution in [0.5, 0.6) is 0 Å². The maximum atomic E-state index is 6.02. The molecule has 0 aromatic rings. The SMILES string of the molecule is CCOCCCC(NC)C1CCOC2(CCC2)C1. The fourth-order valence-corrected chi connectivity index (χ4v) is 3.49. The first-order valence-electron chi connectivity index (χ1n) is 7.68. The Hall–Kier alpha value is -0.120. The van der Waals surface area contributed by atoms with Gasteiger partial charge in [-0.25, -0.2) is 0 Å². The second kappa shape index (κ2) is 6.88. The van der Waals surface area contributed by atoms with Crippen molar-refractivity contribution in [3.8, 4) is 0 Å². The highest BCUT2D eigenvalue weighted by Crippen LogP contribution is 2.45. The summed E-state index contributed by atoms with van der Waals surface area (Å²) in [5.74, 6) is 0.797. The summed E-state index contributed by atoms with van der Waals surface area (Å²) in [6, 6.07) is 0.645. The maximum Gasteiger partial charge on any atom is 0.0685 e. The smallest absolute Gasteiger partial charge is 0.0685 e. The van der Waals surface area contributed by atoms with Crippen molar-refractivity contribution >= 4 is 0 Å². The molecular formula is C15H29NO2. The van der Waals surface area contributed by atoms with Gasteiger partial charge in [-0.15, -0.1) is 0 Å². The molecule has 2 fully saturated rings. The van der Waals surface area contributed by atoms with Crippen molar-refractivity contribution in [1.29, 1.82) is 0 Å². The van der Waals surface area contributed by atoms with Gasteiger partial charge in [0.25, 0.3) is 0 Å². The Bertz CT molecular complexity index is 241. The molecule has 2 unspecified atom stereocenters. The van der Waals surface area contributed by atoms with Gasteiger partial charge in [-0.3, -0.25) is 0 Å². The lowest BCUT2D eigenvalue weighted by atomic mass is 9.70. The van der Waals surface area contributed by atoms with Gasteiger partial charge < -0.3 is 14.8 Å². The van der Waals surface area contributed by atoms with Crippen LogP contribution in [-0.2, 0) is 9.47 Å². The molecule has 3 nitrogen and oxygen atoms in total. The van der Waals surface area contributed by atoms with E-state index in [0.717, 1.165) is 25.7 Å². The van der Waals surface area contributed by atoms with Gasteiger partial charge in [-0.05, 0) is 64.8 Å². The van der Waals surface area contributed by atoms with E-state index in [0.29, 0.717) is 6.04 Å². The average molecular weight is 255 g/mol. The van der Waals surface area contributed by atoms with Crippen LogP contribution in [0.25, 0.3) is 0 Å².